The Morgan fingerprint density at radius 3 is 2.37 bits per heavy atom. The Hall–Kier alpha value is -2.41. The third kappa shape index (κ3) is 3.10. The van der Waals surface area contributed by atoms with Gasteiger partial charge in [0.2, 0.25) is 0 Å². The van der Waals surface area contributed by atoms with Crippen LogP contribution in [-0.4, -0.2) is 23.6 Å². The summed E-state index contributed by atoms with van der Waals surface area (Å²) in [5.74, 6) is -0.561. The van der Waals surface area contributed by atoms with Crippen LogP contribution in [0.15, 0.2) is 65.8 Å². The van der Waals surface area contributed by atoms with Crippen LogP contribution in [0.5, 0.6) is 0 Å². The standard InChI is InChI=1S/C19H12Cl2N2O3S/c20-14-2-3-15(17(21)10-14)13-1-4-18-16(9-13)19(24)23(27(18,25)26)11-12-5-7-22-8-6-12/h1-10H,11H2. The molecule has 1 aliphatic heterocycles. The van der Waals surface area contributed by atoms with E-state index in [1.54, 1.807) is 54.9 Å². The second-order valence-corrected chi connectivity index (χ2v) is 8.68. The van der Waals surface area contributed by atoms with Crippen LogP contribution in [0, 0.1) is 0 Å². The highest BCUT2D eigenvalue weighted by Gasteiger charge is 2.41. The third-order valence-electron chi connectivity index (χ3n) is 4.32. The van der Waals surface area contributed by atoms with Crippen molar-refractivity contribution in [3.63, 3.8) is 0 Å². The molecule has 0 spiro atoms. The lowest BCUT2D eigenvalue weighted by atomic mass is 10.0. The number of carbonyl (C=O) groups excluding carboxylic acids is 1. The van der Waals surface area contributed by atoms with Crippen LogP contribution in [0.1, 0.15) is 15.9 Å². The number of nitrogens with zero attached hydrogens (tertiary/aromatic N) is 2. The highest BCUT2D eigenvalue weighted by molar-refractivity contribution is 7.90. The number of benzene rings is 2. The third-order valence-corrected chi connectivity index (χ3v) is 6.66. The molecule has 27 heavy (non-hydrogen) atoms. The van der Waals surface area contributed by atoms with E-state index in [-0.39, 0.29) is 17.0 Å². The van der Waals surface area contributed by atoms with Gasteiger partial charge < -0.3 is 0 Å². The monoisotopic (exact) mass is 418 g/mol. The molecular weight excluding hydrogens is 407 g/mol. The smallest absolute Gasteiger partial charge is 0.268 e. The van der Waals surface area contributed by atoms with Gasteiger partial charge in [-0.3, -0.25) is 9.78 Å². The van der Waals surface area contributed by atoms with Gasteiger partial charge >= 0.3 is 0 Å². The van der Waals surface area contributed by atoms with Crippen LogP contribution < -0.4 is 0 Å². The highest BCUT2D eigenvalue weighted by atomic mass is 35.5. The van der Waals surface area contributed by atoms with Crippen LogP contribution in [-0.2, 0) is 16.6 Å². The maximum absolute atomic E-state index is 12.8. The van der Waals surface area contributed by atoms with E-state index in [2.05, 4.69) is 4.98 Å². The molecule has 1 amide bonds. The summed E-state index contributed by atoms with van der Waals surface area (Å²) in [5, 5.41) is 0.913. The quantitative estimate of drug-likeness (QED) is 0.631. The van der Waals surface area contributed by atoms with Gasteiger partial charge in [0.15, 0.2) is 0 Å². The number of rotatable bonds is 3. The lowest BCUT2D eigenvalue weighted by molar-refractivity contribution is 0.0865. The zero-order valence-corrected chi connectivity index (χ0v) is 16.1. The van der Waals surface area contributed by atoms with Crippen LogP contribution >= 0.6 is 23.2 Å². The largest absolute Gasteiger partial charge is 0.269 e. The number of carbonyl (C=O) groups is 1. The first-order valence-corrected chi connectivity index (χ1v) is 10.1. The zero-order chi connectivity index (χ0) is 19.2. The summed E-state index contributed by atoms with van der Waals surface area (Å²) in [6, 6.07) is 13.0. The maximum Gasteiger partial charge on any atom is 0.269 e. The van der Waals surface area contributed by atoms with Crippen molar-refractivity contribution in [2.45, 2.75) is 11.4 Å². The molecule has 8 heteroatoms. The first kappa shape index (κ1) is 18.0. The molecular formula is C19H12Cl2N2O3S. The van der Waals surface area contributed by atoms with Crippen LogP contribution in [0.3, 0.4) is 0 Å². The summed E-state index contributed by atoms with van der Waals surface area (Å²) in [7, 11) is -3.90. The molecule has 2 heterocycles. The first-order valence-electron chi connectivity index (χ1n) is 7.93. The molecule has 0 bridgehead atoms. The number of hydrogen-bond donors (Lipinski definition) is 0. The van der Waals surface area contributed by atoms with Gasteiger partial charge in [0, 0.05) is 28.0 Å². The van der Waals surface area contributed by atoms with E-state index in [4.69, 9.17) is 23.2 Å². The van der Waals surface area contributed by atoms with Gasteiger partial charge in [-0.15, -0.1) is 0 Å². The normalized spacial score (nSPS) is 15.0. The predicted molar refractivity (Wildman–Crippen MR) is 103 cm³/mol. The number of fused-ring (bicyclic) bond motifs is 1. The van der Waals surface area contributed by atoms with Crippen LogP contribution in [0.2, 0.25) is 10.0 Å². The molecule has 2 aromatic carbocycles. The van der Waals surface area contributed by atoms with E-state index in [1.807, 2.05) is 0 Å². The van der Waals surface area contributed by atoms with E-state index < -0.39 is 15.9 Å². The Kier molecular flexibility index (Phi) is 4.42. The number of amides is 1. The number of hydrogen-bond acceptors (Lipinski definition) is 4. The molecule has 5 nitrogen and oxygen atoms in total. The average molecular weight is 419 g/mol. The second-order valence-electron chi connectivity index (χ2n) is 6.01. The molecule has 136 valence electrons. The van der Waals surface area contributed by atoms with Crippen molar-refractivity contribution in [3.8, 4) is 11.1 Å². The molecule has 0 atom stereocenters. The van der Waals surface area contributed by atoms with Crippen LogP contribution in [0.4, 0.5) is 0 Å². The van der Waals surface area contributed by atoms with Crippen molar-refractivity contribution < 1.29 is 13.2 Å². The molecule has 0 radical (unpaired) electrons. The van der Waals surface area contributed by atoms with E-state index >= 15 is 0 Å². The molecule has 0 fully saturated rings. The van der Waals surface area contributed by atoms with Crippen molar-refractivity contribution >= 4 is 39.1 Å². The minimum Gasteiger partial charge on any atom is -0.268 e. The van der Waals surface area contributed by atoms with Gasteiger partial charge in [-0.25, -0.2) is 12.7 Å². The summed E-state index contributed by atoms with van der Waals surface area (Å²) in [6.07, 6.45) is 3.10. The molecule has 0 saturated carbocycles. The molecule has 3 aromatic rings. The minimum absolute atomic E-state index is 0.00427. The fourth-order valence-corrected chi connectivity index (χ4v) is 5.04. The minimum atomic E-state index is -3.90. The zero-order valence-electron chi connectivity index (χ0n) is 13.8. The first-order chi connectivity index (χ1) is 12.9. The Morgan fingerprint density at radius 1 is 0.926 bits per heavy atom. The predicted octanol–water partition coefficient (Wildman–Crippen LogP) is 4.40. The Bertz CT molecular complexity index is 1160. The SMILES string of the molecule is O=C1c2cc(-c3ccc(Cl)cc3Cl)ccc2S(=O)(=O)N1Cc1ccncc1. The van der Waals surface area contributed by atoms with Crippen molar-refractivity contribution in [2.75, 3.05) is 0 Å². The number of pyridine rings is 1. The van der Waals surface area contributed by atoms with Crippen LogP contribution in [0.25, 0.3) is 11.1 Å². The summed E-state index contributed by atoms with van der Waals surface area (Å²) in [6.45, 7) is -0.0462. The van der Waals surface area contributed by atoms with Crippen molar-refractivity contribution in [3.05, 3.63) is 82.1 Å². The molecule has 1 aromatic heterocycles. The van der Waals surface area contributed by atoms with Crippen molar-refractivity contribution in [1.82, 2.24) is 9.29 Å². The van der Waals surface area contributed by atoms with Crippen molar-refractivity contribution in [1.29, 1.82) is 0 Å². The summed E-state index contributed by atoms with van der Waals surface area (Å²) < 4.78 is 26.5. The van der Waals surface area contributed by atoms with Gasteiger partial charge in [-0.1, -0.05) is 35.3 Å². The molecule has 0 N–H and O–H groups in total. The Balaban J connectivity index is 1.77. The number of aromatic nitrogens is 1. The van der Waals surface area contributed by atoms with E-state index in [0.717, 1.165) is 4.31 Å². The van der Waals surface area contributed by atoms with Crippen molar-refractivity contribution in [2.24, 2.45) is 0 Å². The summed E-state index contributed by atoms with van der Waals surface area (Å²) in [5.41, 5.74) is 2.12. The maximum atomic E-state index is 12.8. The van der Waals surface area contributed by atoms with Gasteiger partial charge in [-0.05, 0) is 47.5 Å². The molecule has 0 aliphatic carbocycles. The van der Waals surface area contributed by atoms with E-state index in [1.165, 1.54) is 6.07 Å². The molecule has 4 rings (SSSR count). The lowest BCUT2D eigenvalue weighted by Gasteiger charge is -2.14. The van der Waals surface area contributed by atoms with Gasteiger partial charge in [0.1, 0.15) is 4.90 Å². The van der Waals surface area contributed by atoms with Gasteiger partial charge in [-0.2, -0.15) is 0 Å². The lowest BCUT2D eigenvalue weighted by Crippen LogP contribution is -2.29. The Morgan fingerprint density at radius 2 is 1.67 bits per heavy atom. The number of sulfonamides is 1. The molecule has 0 unspecified atom stereocenters. The van der Waals surface area contributed by atoms with Gasteiger partial charge in [0.05, 0.1) is 12.1 Å². The average Bonchev–Trinajstić information content (AvgIpc) is 2.83. The van der Waals surface area contributed by atoms with E-state index in [0.29, 0.717) is 26.7 Å². The molecule has 1 aliphatic rings. The fraction of sp³-hybridized carbons (Fsp3) is 0.0526. The second kappa shape index (κ2) is 6.64. The Labute approximate surface area is 166 Å². The number of halogens is 2. The van der Waals surface area contributed by atoms with E-state index in [9.17, 15) is 13.2 Å². The fourth-order valence-electron chi connectivity index (χ4n) is 2.99. The van der Waals surface area contributed by atoms with Gasteiger partial charge in [0.25, 0.3) is 15.9 Å². The highest BCUT2D eigenvalue weighted by Crippen LogP contribution is 2.37. The summed E-state index contributed by atoms with van der Waals surface area (Å²) in [4.78, 5) is 16.7. The molecule has 0 saturated heterocycles. The topological polar surface area (TPSA) is 67.3 Å². The summed E-state index contributed by atoms with van der Waals surface area (Å²) >= 11 is 12.2.